The Morgan fingerprint density at radius 2 is 0.702 bits per heavy atom. The van der Waals surface area contributed by atoms with Crippen molar-refractivity contribution in [3.63, 3.8) is 0 Å². The molecule has 5 aliphatic rings. The number of hydrogen-bond acceptors (Lipinski definition) is 26. The topological polar surface area (TPSA) is 416 Å². The Hall–Kier alpha value is -1.04. The van der Waals surface area contributed by atoms with Crippen molar-refractivity contribution < 1.29 is 129 Å². The second-order valence-corrected chi connectivity index (χ2v) is 14.3. The maximum Gasteiger partial charge on any atom is 0.187 e. The van der Waals surface area contributed by atoms with Gasteiger partial charge in [-0.3, -0.25) is 0 Å². The molecule has 5 saturated heterocycles. The van der Waals surface area contributed by atoms with Gasteiger partial charge in [-0.1, -0.05) is 0 Å². The second-order valence-electron chi connectivity index (χ2n) is 14.3. The van der Waals surface area contributed by atoms with Gasteiger partial charge in [0.1, 0.15) is 122 Å². The van der Waals surface area contributed by atoms with Crippen LogP contribution in [-0.2, 0) is 47.4 Å². The smallest absolute Gasteiger partial charge is 0.187 e. The number of ether oxygens (including phenoxy) is 10. The van der Waals surface area contributed by atoms with Gasteiger partial charge in [0, 0.05) is 7.11 Å². The van der Waals surface area contributed by atoms with E-state index in [1.54, 1.807) is 0 Å². The largest absolute Gasteiger partial charge is 0.394 e. The van der Waals surface area contributed by atoms with Crippen LogP contribution < -0.4 is 0 Å². The van der Waals surface area contributed by atoms with Crippen molar-refractivity contribution in [2.24, 2.45) is 0 Å². The van der Waals surface area contributed by atoms with Crippen molar-refractivity contribution in [3.05, 3.63) is 0 Å². The lowest BCUT2D eigenvalue weighted by Gasteiger charge is -2.47. The lowest BCUT2D eigenvalue weighted by atomic mass is 9.96. The van der Waals surface area contributed by atoms with Gasteiger partial charge in [0.2, 0.25) is 0 Å². The lowest BCUT2D eigenvalue weighted by Crippen LogP contribution is -2.65. The number of aliphatic hydroxyl groups excluding tert-OH is 16. The number of aliphatic hydroxyl groups is 16. The van der Waals surface area contributed by atoms with Crippen LogP contribution in [0.1, 0.15) is 0 Å². The average Bonchev–Trinajstić information content (AvgIpc) is 3.19. The third-order valence-electron chi connectivity index (χ3n) is 10.4. The summed E-state index contributed by atoms with van der Waals surface area (Å²) in [5.74, 6) is 0. The first-order chi connectivity index (χ1) is 26.9. The Bertz CT molecular complexity index is 1220. The summed E-state index contributed by atoms with van der Waals surface area (Å²) in [6, 6.07) is 0. The van der Waals surface area contributed by atoms with E-state index < -0.39 is 180 Å². The summed E-state index contributed by atoms with van der Waals surface area (Å²) in [6.07, 6.45) is -44.4. The van der Waals surface area contributed by atoms with Gasteiger partial charge >= 0.3 is 0 Å². The molecule has 334 valence electrons. The van der Waals surface area contributed by atoms with Gasteiger partial charge in [0.05, 0.1) is 33.0 Å². The Morgan fingerprint density at radius 1 is 0.351 bits per heavy atom. The highest BCUT2D eigenvalue weighted by Gasteiger charge is 2.53. The van der Waals surface area contributed by atoms with Gasteiger partial charge in [-0.2, -0.15) is 0 Å². The zero-order chi connectivity index (χ0) is 42.0. The van der Waals surface area contributed by atoms with Crippen LogP contribution in [0, 0.1) is 0 Å². The van der Waals surface area contributed by atoms with E-state index >= 15 is 0 Å². The van der Waals surface area contributed by atoms with Crippen molar-refractivity contribution in [2.75, 3.05) is 40.1 Å². The van der Waals surface area contributed by atoms with E-state index in [0.717, 1.165) is 0 Å². The number of rotatable bonds is 14. The van der Waals surface area contributed by atoms with Crippen LogP contribution in [0.3, 0.4) is 0 Å². The molecule has 0 aromatic rings. The molecular formula is C31H54O26. The Balaban J connectivity index is 1.29. The molecule has 5 rings (SSSR count). The minimum atomic E-state index is -2.04. The molecule has 5 fully saturated rings. The Labute approximate surface area is 323 Å². The minimum absolute atomic E-state index is 0.232. The first kappa shape index (κ1) is 47.0. The second kappa shape index (κ2) is 20.2. The molecule has 5 heterocycles. The van der Waals surface area contributed by atoms with E-state index in [2.05, 4.69) is 0 Å². The summed E-state index contributed by atoms with van der Waals surface area (Å²) in [4.78, 5) is 0. The van der Waals surface area contributed by atoms with E-state index in [4.69, 9.17) is 47.4 Å². The molecule has 10 unspecified atom stereocenters. The molecule has 0 bridgehead atoms. The van der Waals surface area contributed by atoms with Crippen molar-refractivity contribution >= 4 is 0 Å². The zero-order valence-electron chi connectivity index (χ0n) is 30.2. The standard InChI is InChI=1S/C31H54O26/c1-48-3-8-13(34)19(40)22(43)28(54-8)50-6-11-16(37)26(57-31-24(45)18(39)12(33)7(2-32)53-31)25(46)30(56-11)51-5-10-15(36)20(41)23(44)29(55-10)49-4-9-14(35)17(38)21(42)27(47)52-9/h7-47H,2-6H2,1H3/t7?,8?,9?,10?,11?,12-,13-,14-,15-,16-,17+,18?,19+,20+,21?,22?,23?,24+,25+,26?,27+,28+,29+,30+,31+/m1/s1. The van der Waals surface area contributed by atoms with Crippen molar-refractivity contribution in [3.8, 4) is 0 Å². The first-order valence-electron chi connectivity index (χ1n) is 18.0. The number of methoxy groups -OCH3 is 1. The normalized spacial score (nSPS) is 52.5. The summed E-state index contributed by atoms with van der Waals surface area (Å²) < 4.78 is 54.5. The average molecular weight is 843 g/mol. The van der Waals surface area contributed by atoms with Crippen LogP contribution in [0.5, 0.6) is 0 Å². The molecule has 0 aromatic carbocycles. The molecule has 26 heteroatoms. The predicted molar refractivity (Wildman–Crippen MR) is 171 cm³/mol. The SMILES string of the molecule is COCC1O[C@H](OCC2O[C@H](OCC3O[C@H](OCC4O[C@H](O)C(O)[C@@H](O)[C@@H]4O)C(O)[C@@H](O)[C@@H]3O)[C@@H](O)C(O[C@@H]3OC(CO)[C@@H](O)C(O)[C@@H]3O)[C@@H]2O)C(O)[C@@H](O)[C@@H]1O. The van der Waals surface area contributed by atoms with Crippen molar-refractivity contribution in [2.45, 2.75) is 154 Å². The summed E-state index contributed by atoms with van der Waals surface area (Å²) in [5.41, 5.74) is 0. The maximum absolute atomic E-state index is 11.3. The van der Waals surface area contributed by atoms with Crippen molar-refractivity contribution in [1.29, 1.82) is 0 Å². The molecule has 5 aliphatic heterocycles. The third kappa shape index (κ3) is 10.2. The Morgan fingerprint density at radius 3 is 1.16 bits per heavy atom. The molecule has 57 heavy (non-hydrogen) atoms. The highest BCUT2D eigenvalue weighted by atomic mass is 16.8. The van der Waals surface area contributed by atoms with Gasteiger partial charge in [-0.15, -0.1) is 0 Å². The highest BCUT2D eigenvalue weighted by molar-refractivity contribution is 4.96. The fourth-order valence-electron chi connectivity index (χ4n) is 6.86. The third-order valence-corrected chi connectivity index (χ3v) is 10.4. The molecule has 0 spiro atoms. The quantitative estimate of drug-likeness (QED) is 0.0772. The van der Waals surface area contributed by atoms with Crippen LogP contribution in [0.2, 0.25) is 0 Å². The van der Waals surface area contributed by atoms with Gasteiger partial charge in [0.25, 0.3) is 0 Å². The summed E-state index contributed by atoms with van der Waals surface area (Å²) >= 11 is 0. The van der Waals surface area contributed by atoms with Gasteiger partial charge in [-0.05, 0) is 0 Å². The van der Waals surface area contributed by atoms with Crippen molar-refractivity contribution in [1.82, 2.24) is 0 Å². The highest BCUT2D eigenvalue weighted by Crippen LogP contribution is 2.32. The molecule has 0 saturated carbocycles. The molecule has 0 aromatic heterocycles. The summed E-state index contributed by atoms with van der Waals surface area (Å²) in [7, 11) is 1.28. The molecule has 0 radical (unpaired) electrons. The minimum Gasteiger partial charge on any atom is -0.394 e. The summed E-state index contributed by atoms with van der Waals surface area (Å²) in [6.45, 7) is -3.29. The molecular weight excluding hydrogens is 788 g/mol. The summed E-state index contributed by atoms with van der Waals surface area (Å²) in [5, 5.41) is 166. The fourth-order valence-corrected chi connectivity index (χ4v) is 6.86. The fraction of sp³-hybridized carbons (Fsp3) is 1.00. The first-order valence-corrected chi connectivity index (χ1v) is 18.0. The molecule has 0 aliphatic carbocycles. The van der Waals surface area contributed by atoms with E-state index in [1.807, 2.05) is 0 Å². The van der Waals surface area contributed by atoms with Crippen LogP contribution >= 0.6 is 0 Å². The lowest BCUT2D eigenvalue weighted by molar-refractivity contribution is -0.371. The van der Waals surface area contributed by atoms with Crippen LogP contribution in [0.4, 0.5) is 0 Å². The molecule has 16 N–H and O–H groups in total. The molecule has 0 amide bonds. The maximum atomic E-state index is 11.3. The predicted octanol–water partition coefficient (Wildman–Crippen LogP) is -11.3. The van der Waals surface area contributed by atoms with Gasteiger partial charge < -0.3 is 129 Å². The monoisotopic (exact) mass is 842 g/mol. The van der Waals surface area contributed by atoms with E-state index in [0.29, 0.717) is 0 Å². The van der Waals surface area contributed by atoms with Crippen LogP contribution in [0.25, 0.3) is 0 Å². The molecule has 25 atom stereocenters. The van der Waals surface area contributed by atoms with Crippen LogP contribution in [0.15, 0.2) is 0 Å². The zero-order valence-corrected chi connectivity index (χ0v) is 30.2. The number of hydrogen-bond donors (Lipinski definition) is 16. The van der Waals surface area contributed by atoms with Gasteiger partial charge in [-0.25, -0.2) is 0 Å². The van der Waals surface area contributed by atoms with Gasteiger partial charge in [0.15, 0.2) is 31.5 Å². The van der Waals surface area contributed by atoms with E-state index in [9.17, 15) is 81.7 Å². The van der Waals surface area contributed by atoms with E-state index in [-0.39, 0.29) is 6.61 Å². The molecule has 26 nitrogen and oxygen atoms in total. The van der Waals surface area contributed by atoms with Crippen LogP contribution in [-0.4, -0.2) is 275 Å². The Kier molecular flexibility index (Phi) is 16.7. The van der Waals surface area contributed by atoms with E-state index in [1.165, 1.54) is 7.11 Å².